The first-order valence-corrected chi connectivity index (χ1v) is 12.3. The van der Waals surface area contributed by atoms with E-state index in [-0.39, 0.29) is 49.3 Å². The first-order chi connectivity index (χ1) is 16.7. The van der Waals surface area contributed by atoms with Crippen LogP contribution in [0.5, 0.6) is 0 Å². The van der Waals surface area contributed by atoms with E-state index in [0.29, 0.717) is 13.0 Å². The molecular formula is C28H36N2O5. The number of benzene rings is 2. The number of carboxylic acids is 1. The van der Waals surface area contributed by atoms with Crippen LogP contribution in [0.3, 0.4) is 0 Å². The average Bonchev–Trinajstić information content (AvgIpc) is 3.13. The summed E-state index contributed by atoms with van der Waals surface area (Å²) in [4.78, 5) is 38.2. The molecule has 0 fully saturated rings. The van der Waals surface area contributed by atoms with Crippen molar-refractivity contribution in [1.29, 1.82) is 0 Å². The molecule has 2 amide bonds. The van der Waals surface area contributed by atoms with E-state index in [1.807, 2.05) is 52.0 Å². The predicted octanol–water partition coefficient (Wildman–Crippen LogP) is 5.04. The molecular weight excluding hydrogens is 444 g/mol. The fraction of sp³-hybridized carbons (Fsp3) is 0.464. The van der Waals surface area contributed by atoms with Crippen LogP contribution in [0.4, 0.5) is 4.79 Å². The molecule has 0 bridgehead atoms. The number of ether oxygens (including phenoxy) is 1. The summed E-state index contributed by atoms with van der Waals surface area (Å²) in [6.45, 7) is 8.30. The van der Waals surface area contributed by atoms with Gasteiger partial charge in [0.1, 0.15) is 6.61 Å². The van der Waals surface area contributed by atoms with E-state index >= 15 is 0 Å². The number of amides is 2. The number of nitrogens with one attached hydrogen (secondary N) is 1. The van der Waals surface area contributed by atoms with Crippen LogP contribution in [0.25, 0.3) is 11.1 Å². The Bertz CT molecular complexity index is 1000. The van der Waals surface area contributed by atoms with Gasteiger partial charge in [-0.25, -0.2) is 4.79 Å². The average molecular weight is 481 g/mol. The number of carbonyl (C=O) groups is 3. The van der Waals surface area contributed by atoms with E-state index in [1.165, 1.54) is 11.1 Å². The minimum atomic E-state index is -0.877. The van der Waals surface area contributed by atoms with Crippen LogP contribution in [0, 0.1) is 5.92 Å². The van der Waals surface area contributed by atoms with Crippen molar-refractivity contribution in [2.45, 2.75) is 65.0 Å². The van der Waals surface area contributed by atoms with Gasteiger partial charge in [0.2, 0.25) is 5.91 Å². The molecule has 0 saturated heterocycles. The standard InChI is InChI=1S/C28H36N2O5/c1-18(2)25(16-26(31)30(19(3)4)15-9-14-27(32)33)29-28(34)35-17-24-22-12-7-5-10-20(22)21-11-6-8-13-23(21)24/h5-8,10-13,18-19,24-25H,9,14-17H2,1-4H3,(H,29,34)(H,32,33). The molecule has 1 unspecified atom stereocenters. The second-order valence-electron chi connectivity index (χ2n) is 9.70. The zero-order valence-corrected chi connectivity index (χ0v) is 21.0. The number of hydrogen-bond acceptors (Lipinski definition) is 4. The second kappa shape index (κ2) is 11.9. The molecule has 0 heterocycles. The van der Waals surface area contributed by atoms with Crippen LogP contribution in [0.1, 0.15) is 64.0 Å². The number of aliphatic carboxylic acids is 1. The van der Waals surface area contributed by atoms with Gasteiger partial charge in [-0.05, 0) is 48.4 Å². The third kappa shape index (κ3) is 6.62. The summed E-state index contributed by atoms with van der Waals surface area (Å²) in [6, 6.07) is 15.9. The van der Waals surface area contributed by atoms with Gasteiger partial charge in [-0.3, -0.25) is 9.59 Å². The second-order valence-corrected chi connectivity index (χ2v) is 9.70. The normalized spacial score (nSPS) is 13.3. The minimum Gasteiger partial charge on any atom is -0.481 e. The lowest BCUT2D eigenvalue weighted by atomic mass is 9.98. The van der Waals surface area contributed by atoms with E-state index in [2.05, 4.69) is 29.6 Å². The van der Waals surface area contributed by atoms with Crippen molar-refractivity contribution in [3.63, 3.8) is 0 Å². The van der Waals surface area contributed by atoms with Gasteiger partial charge in [0, 0.05) is 37.4 Å². The van der Waals surface area contributed by atoms with E-state index in [4.69, 9.17) is 9.84 Å². The van der Waals surface area contributed by atoms with Gasteiger partial charge in [-0.15, -0.1) is 0 Å². The highest BCUT2D eigenvalue weighted by atomic mass is 16.5. The molecule has 7 nitrogen and oxygen atoms in total. The van der Waals surface area contributed by atoms with E-state index < -0.39 is 12.1 Å². The molecule has 0 saturated carbocycles. The Morgan fingerprint density at radius 2 is 1.54 bits per heavy atom. The van der Waals surface area contributed by atoms with E-state index in [0.717, 1.165) is 11.1 Å². The highest BCUT2D eigenvalue weighted by molar-refractivity contribution is 5.80. The lowest BCUT2D eigenvalue weighted by molar-refractivity contribution is -0.138. The Hall–Kier alpha value is -3.35. The largest absolute Gasteiger partial charge is 0.481 e. The molecule has 7 heteroatoms. The van der Waals surface area contributed by atoms with E-state index in [1.54, 1.807) is 4.90 Å². The molecule has 0 aromatic heterocycles. The molecule has 1 atom stereocenters. The van der Waals surface area contributed by atoms with Crippen molar-refractivity contribution in [2.75, 3.05) is 13.2 Å². The molecule has 2 N–H and O–H groups in total. The maximum Gasteiger partial charge on any atom is 0.407 e. The Morgan fingerprint density at radius 3 is 2.06 bits per heavy atom. The van der Waals surface area contributed by atoms with Crippen LogP contribution in [0.15, 0.2) is 48.5 Å². The summed E-state index contributed by atoms with van der Waals surface area (Å²) in [5.74, 6) is -0.994. The van der Waals surface area contributed by atoms with Crippen LogP contribution < -0.4 is 5.32 Å². The molecule has 1 aliphatic rings. The summed E-state index contributed by atoms with van der Waals surface area (Å²) < 4.78 is 5.66. The molecule has 0 aliphatic heterocycles. The van der Waals surface area contributed by atoms with Gasteiger partial charge in [-0.2, -0.15) is 0 Å². The van der Waals surface area contributed by atoms with Gasteiger partial charge < -0.3 is 20.1 Å². The van der Waals surface area contributed by atoms with Crippen molar-refractivity contribution < 1.29 is 24.2 Å². The molecule has 188 valence electrons. The fourth-order valence-corrected chi connectivity index (χ4v) is 4.62. The van der Waals surface area contributed by atoms with Crippen LogP contribution in [0.2, 0.25) is 0 Å². The fourth-order valence-electron chi connectivity index (χ4n) is 4.62. The highest BCUT2D eigenvalue weighted by Crippen LogP contribution is 2.44. The van der Waals surface area contributed by atoms with Crippen LogP contribution in [-0.2, 0) is 14.3 Å². The summed E-state index contributed by atoms with van der Waals surface area (Å²) in [7, 11) is 0. The molecule has 2 aromatic carbocycles. The third-order valence-corrected chi connectivity index (χ3v) is 6.58. The van der Waals surface area contributed by atoms with Crippen molar-refractivity contribution in [3.05, 3.63) is 59.7 Å². The monoisotopic (exact) mass is 480 g/mol. The Labute approximate surface area is 207 Å². The number of carbonyl (C=O) groups excluding carboxylic acids is 2. The lowest BCUT2D eigenvalue weighted by Crippen LogP contribution is -2.45. The topological polar surface area (TPSA) is 95.9 Å². The number of alkyl carbamates (subject to hydrolysis) is 1. The van der Waals surface area contributed by atoms with Gasteiger partial charge in [0.05, 0.1) is 0 Å². The molecule has 35 heavy (non-hydrogen) atoms. The van der Waals surface area contributed by atoms with Gasteiger partial charge >= 0.3 is 12.1 Å². The van der Waals surface area contributed by atoms with Crippen molar-refractivity contribution in [3.8, 4) is 11.1 Å². The predicted molar refractivity (Wildman–Crippen MR) is 135 cm³/mol. The highest BCUT2D eigenvalue weighted by Gasteiger charge is 2.30. The van der Waals surface area contributed by atoms with E-state index in [9.17, 15) is 14.4 Å². The number of rotatable bonds is 11. The molecule has 0 radical (unpaired) electrons. The summed E-state index contributed by atoms with van der Waals surface area (Å²) in [6.07, 6.45) is 0.000934. The van der Waals surface area contributed by atoms with Gasteiger partial charge in [-0.1, -0.05) is 62.4 Å². The first-order valence-electron chi connectivity index (χ1n) is 12.3. The molecule has 0 spiro atoms. The Kier molecular flexibility index (Phi) is 8.90. The number of nitrogens with zero attached hydrogens (tertiary/aromatic N) is 1. The molecule has 1 aliphatic carbocycles. The third-order valence-electron chi connectivity index (χ3n) is 6.58. The first kappa shape index (κ1) is 26.3. The molecule has 2 aromatic rings. The number of carboxylic acid groups (broad SMARTS) is 1. The quantitative estimate of drug-likeness (QED) is 0.470. The van der Waals surface area contributed by atoms with Crippen molar-refractivity contribution >= 4 is 18.0 Å². The summed E-state index contributed by atoms with van der Waals surface area (Å²) in [5, 5.41) is 11.8. The van der Waals surface area contributed by atoms with Crippen LogP contribution >= 0.6 is 0 Å². The zero-order chi connectivity index (χ0) is 25.5. The van der Waals surface area contributed by atoms with Crippen LogP contribution in [-0.4, -0.2) is 53.2 Å². The van der Waals surface area contributed by atoms with Gasteiger partial charge in [0.25, 0.3) is 0 Å². The Morgan fingerprint density at radius 1 is 0.971 bits per heavy atom. The zero-order valence-electron chi connectivity index (χ0n) is 21.0. The minimum absolute atomic E-state index is 0.0160. The maximum absolute atomic E-state index is 13.0. The Balaban J connectivity index is 1.60. The smallest absolute Gasteiger partial charge is 0.407 e. The number of fused-ring (bicyclic) bond motifs is 3. The van der Waals surface area contributed by atoms with Crippen molar-refractivity contribution in [1.82, 2.24) is 10.2 Å². The lowest BCUT2D eigenvalue weighted by Gasteiger charge is -2.30. The number of hydrogen-bond donors (Lipinski definition) is 2. The van der Waals surface area contributed by atoms with Crippen molar-refractivity contribution in [2.24, 2.45) is 5.92 Å². The summed E-state index contributed by atoms with van der Waals surface area (Å²) >= 11 is 0. The SMILES string of the molecule is CC(C)C(CC(=O)N(CCCC(=O)O)C(C)C)NC(=O)OCC1c2ccccc2-c2ccccc21. The molecule has 3 rings (SSSR count). The summed E-state index contributed by atoms with van der Waals surface area (Å²) in [5.41, 5.74) is 4.62. The maximum atomic E-state index is 13.0. The van der Waals surface area contributed by atoms with Gasteiger partial charge in [0.15, 0.2) is 0 Å².